The summed E-state index contributed by atoms with van der Waals surface area (Å²) in [4.78, 5) is 4.54. The normalized spacial score (nSPS) is 11.6. The van der Waals surface area contributed by atoms with Gasteiger partial charge in [0, 0.05) is 21.7 Å². The summed E-state index contributed by atoms with van der Waals surface area (Å²) in [5, 5.41) is 10.7. The lowest BCUT2D eigenvalue weighted by molar-refractivity contribution is 0.459. The minimum atomic E-state index is -3.81. The van der Waals surface area contributed by atoms with Gasteiger partial charge in [-0.05, 0) is 12.1 Å². The molecule has 0 bridgehead atoms. The molecule has 0 aliphatic heterocycles. The average molecular weight is 400 g/mol. The van der Waals surface area contributed by atoms with Gasteiger partial charge < -0.3 is 5.11 Å². The van der Waals surface area contributed by atoms with Crippen LogP contribution in [-0.2, 0) is 15.6 Å². The SMILES string of the molecule is O=S(=O)(Cc1cnc(-c2ccccc2)s1)c1cc(Cl)cc(Cl)c1O. The largest absolute Gasteiger partial charge is 0.505 e. The van der Waals surface area contributed by atoms with Crippen LogP contribution in [0.5, 0.6) is 5.75 Å². The van der Waals surface area contributed by atoms with Crippen molar-refractivity contribution in [2.75, 3.05) is 0 Å². The quantitative estimate of drug-likeness (QED) is 0.684. The molecule has 1 aromatic heterocycles. The maximum Gasteiger partial charge on any atom is 0.187 e. The molecule has 0 saturated carbocycles. The molecular formula is C16H11Cl2NO3S2. The van der Waals surface area contributed by atoms with Crippen molar-refractivity contribution in [1.29, 1.82) is 0 Å². The number of phenolic OH excluding ortho intramolecular Hbond substituents is 1. The zero-order valence-electron chi connectivity index (χ0n) is 12.1. The number of thiazole rings is 1. The van der Waals surface area contributed by atoms with Crippen molar-refractivity contribution in [2.24, 2.45) is 0 Å². The Kier molecular flexibility index (Phi) is 4.83. The van der Waals surface area contributed by atoms with Gasteiger partial charge in [0.1, 0.15) is 9.90 Å². The first kappa shape index (κ1) is 17.2. The molecule has 3 rings (SSSR count). The van der Waals surface area contributed by atoms with Crippen molar-refractivity contribution in [3.8, 4) is 16.3 Å². The molecule has 4 nitrogen and oxygen atoms in total. The fourth-order valence-electron chi connectivity index (χ4n) is 2.13. The Labute approximate surface area is 153 Å². The molecule has 0 unspecified atom stereocenters. The van der Waals surface area contributed by atoms with E-state index in [1.165, 1.54) is 29.7 Å². The van der Waals surface area contributed by atoms with E-state index in [2.05, 4.69) is 4.98 Å². The van der Waals surface area contributed by atoms with Crippen LogP contribution in [0.25, 0.3) is 10.6 Å². The van der Waals surface area contributed by atoms with E-state index >= 15 is 0 Å². The summed E-state index contributed by atoms with van der Waals surface area (Å²) in [6.07, 6.45) is 1.52. The first-order valence-electron chi connectivity index (χ1n) is 6.78. The summed E-state index contributed by atoms with van der Waals surface area (Å²) < 4.78 is 25.1. The van der Waals surface area contributed by atoms with Crippen LogP contribution in [0.15, 0.2) is 53.6 Å². The predicted octanol–water partition coefficient (Wildman–Crippen LogP) is 4.80. The van der Waals surface area contributed by atoms with E-state index < -0.39 is 15.6 Å². The van der Waals surface area contributed by atoms with E-state index in [0.717, 1.165) is 10.6 Å². The molecule has 3 aromatic rings. The third kappa shape index (κ3) is 3.57. The molecule has 0 fully saturated rings. The molecule has 0 saturated heterocycles. The monoisotopic (exact) mass is 399 g/mol. The average Bonchev–Trinajstić information content (AvgIpc) is 2.99. The van der Waals surface area contributed by atoms with Gasteiger partial charge in [0.15, 0.2) is 15.6 Å². The number of phenols is 1. The molecule has 1 N–H and O–H groups in total. The van der Waals surface area contributed by atoms with Crippen molar-refractivity contribution in [1.82, 2.24) is 4.98 Å². The van der Waals surface area contributed by atoms with Crippen LogP contribution >= 0.6 is 34.5 Å². The fraction of sp³-hybridized carbons (Fsp3) is 0.0625. The number of halogens is 2. The van der Waals surface area contributed by atoms with E-state index in [1.807, 2.05) is 30.3 Å². The molecule has 124 valence electrons. The molecule has 0 radical (unpaired) electrons. The van der Waals surface area contributed by atoms with Crippen LogP contribution in [0.3, 0.4) is 0 Å². The topological polar surface area (TPSA) is 67.3 Å². The van der Waals surface area contributed by atoms with E-state index in [4.69, 9.17) is 23.2 Å². The molecule has 24 heavy (non-hydrogen) atoms. The van der Waals surface area contributed by atoms with Gasteiger partial charge in [-0.1, -0.05) is 53.5 Å². The van der Waals surface area contributed by atoms with Gasteiger partial charge in [0.2, 0.25) is 0 Å². The summed E-state index contributed by atoms with van der Waals surface area (Å²) in [7, 11) is -3.81. The highest BCUT2D eigenvalue weighted by atomic mass is 35.5. The van der Waals surface area contributed by atoms with Gasteiger partial charge in [0.05, 0.1) is 10.8 Å². The molecule has 0 spiro atoms. The van der Waals surface area contributed by atoms with E-state index in [-0.39, 0.29) is 20.7 Å². The molecular weight excluding hydrogens is 389 g/mol. The van der Waals surface area contributed by atoms with Crippen molar-refractivity contribution in [3.05, 3.63) is 63.6 Å². The second-order valence-corrected chi connectivity index (χ2v) is 8.91. The lowest BCUT2D eigenvalue weighted by atomic mass is 10.2. The Bertz CT molecular complexity index is 986. The van der Waals surface area contributed by atoms with Crippen molar-refractivity contribution in [3.63, 3.8) is 0 Å². The second-order valence-electron chi connectivity index (χ2n) is 4.99. The zero-order valence-corrected chi connectivity index (χ0v) is 15.3. The number of rotatable bonds is 4. The third-order valence-corrected chi connectivity index (χ3v) is 6.64. The fourth-order valence-corrected chi connectivity index (χ4v) is 5.48. The lowest BCUT2D eigenvalue weighted by Crippen LogP contribution is -2.04. The number of hydrogen-bond acceptors (Lipinski definition) is 5. The summed E-state index contributed by atoms with van der Waals surface area (Å²) >= 11 is 12.9. The second kappa shape index (κ2) is 6.72. The van der Waals surface area contributed by atoms with Gasteiger partial charge in [-0.3, -0.25) is 0 Å². The molecule has 0 amide bonds. The summed E-state index contributed by atoms with van der Waals surface area (Å²) in [6, 6.07) is 12.0. The van der Waals surface area contributed by atoms with Crippen LogP contribution < -0.4 is 0 Å². The van der Waals surface area contributed by atoms with Crippen LogP contribution in [0, 0.1) is 0 Å². The smallest absolute Gasteiger partial charge is 0.187 e. The van der Waals surface area contributed by atoms with Crippen LogP contribution in [0.1, 0.15) is 4.88 Å². The molecule has 8 heteroatoms. The van der Waals surface area contributed by atoms with Crippen molar-refractivity contribution < 1.29 is 13.5 Å². The first-order valence-corrected chi connectivity index (χ1v) is 10.0. The molecule has 0 aliphatic carbocycles. The minimum absolute atomic E-state index is 0.102. The molecule has 1 heterocycles. The number of hydrogen-bond donors (Lipinski definition) is 1. The molecule has 0 atom stereocenters. The van der Waals surface area contributed by atoms with Gasteiger partial charge >= 0.3 is 0 Å². The zero-order chi connectivity index (χ0) is 17.3. The Hall–Kier alpha value is -1.60. The first-order chi connectivity index (χ1) is 11.4. The Morgan fingerprint density at radius 3 is 2.54 bits per heavy atom. The van der Waals surface area contributed by atoms with Gasteiger partial charge in [-0.25, -0.2) is 13.4 Å². The predicted molar refractivity (Wildman–Crippen MR) is 96.6 cm³/mol. The maximum absolute atomic E-state index is 12.6. The number of benzene rings is 2. The van der Waals surface area contributed by atoms with Gasteiger partial charge in [0.25, 0.3) is 0 Å². The summed E-state index contributed by atoms with van der Waals surface area (Å²) in [5.41, 5.74) is 0.916. The third-order valence-electron chi connectivity index (χ3n) is 3.23. The van der Waals surface area contributed by atoms with E-state index in [0.29, 0.717) is 4.88 Å². The van der Waals surface area contributed by atoms with Gasteiger partial charge in [-0.15, -0.1) is 11.3 Å². The van der Waals surface area contributed by atoms with Crippen molar-refractivity contribution in [2.45, 2.75) is 10.6 Å². The van der Waals surface area contributed by atoms with Crippen LogP contribution in [-0.4, -0.2) is 18.5 Å². The maximum atomic E-state index is 12.6. The standard InChI is InChI=1S/C16H11Cl2NO3S2/c17-11-6-13(18)15(20)14(7-11)24(21,22)9-12-8-19-16(23-12)10-4-2-1-3-5-10/h1-8,20H,9H2. The Morgan fingerprint density at radius 2 is 1.83 bits per heavy atom. The summed E-state index contributed by atoms with van der Waals surface area (Å²) in [5.74, 6) is -0.782. The summed E-state index contributed by atoms with van der Waals surface area (Å²) in [6.45, 7) is 0. The number of aromatic hydroxyl groups is 1. The number of nitrogens with zero attached hydrogens (tertiary/aromatic N) is 1. The van der Waals surface area contributed by atoms with Crippen LogP contribution in [0.4, 0.5) is 0 Å². The highest BCUT2D eigenvalue weighted by molar-refractivity contribution is 7.91. The van der Waals surface area contributed by atoms with E-state index in [9.17, 15) is 13.5 Å². The highest BCUT2D eigenvalue weighted by Gasteiger charge is 2.23. The Morgan fingerprint density at radius 1 is 1.12 bits per heavy atom. The van der Waals surface area contributed by atoms with Crippen LogP contribution in [0.2, 0.25) is 10.0 Å². The minimum Gasteiger partial charge on any atom is -0.505 e. The highest BCUT2D eigenvalue weighted by Crippen LogP contribution is 2.36. The molecule has 0 aliphatic rings. The number of sulfone groups is 1. The lowest BCUT2D eigenvalue weighted by Gasteiger charge is -2.07. The van der Waals surface area contributed by atoms with Crippen molar-refractivity contribution >= 4 is 44.4 Å². The van der Waals surface area contributed by atoms with E-state index in [1.54, 1.807) is 0 Å². The van der Waals surface area contributed by atoms with Gasteiger partial charge in [-0.2, -0.15) is 0 Å². The number of aromatic nitrogens is 1. The Balaban J connectivity index is 1.93. The molecule has 2 aromatic carbocycles.